The first-order valence-electron chi connectivity index (χ1n) is 5.69. The lowest BCUT2D eigenvalue weighted by atomic mass is 9.90. The number of thioether (sulfide) groups is 1. The van der Waals surface area contributed by atoms with E-state index in [0.717, 1.165) is 24.5 Å². The van der Waals surface area contributed by atoms with Crippen molar-refractivity contribution in [3.05, 3.63) is 35.9 Å². The van der Waals surface area contributed by atoms with Crippen molar-refractivity contribution in [3.8, 4) is 6.07 Å². The molecule has 2 rings (SSSR count). The predicted octanol–water partition coefficient (Wildman–Crippen LogP) is 1.89. The highest BCUT2D eigenvalue weighted by atomic mass is 32.2. The topological polar surface area (TPSA) is 59.0 Å². The van der Waals surface area contributed by atoms with Crippen LogP contribution in [0.2, 0.25) is 0 Å². The zero-order chi connectivity index (χ0) is 12.1. The van der Waals surface area contributed by atoms with Gasteiger partial charge in [0, 0.05) is 0 Å². The third-order valence-electron chi connectivity index (χ3n) is 2.95. The van der Waals surface area contributed by atoms with Crippen molar-refractivity contribution in [1.82, 2.24) is 0 Å². The highest BCUT2D eigenvalue weighted by molar-refractivity contribution is 8.00. The highest BCUT2D eigenvalue weighted by Crippen LogP contribution is 2.26. The molecule has 17 heavy (non-hydrogen) atoms. The summed E-state index contributed by atoms with van der Waals surface area (Å²) >= 11 is 1.84. The van der Waals surface area contributed by atoms with Crippen LogP contribution in [0, 0.1) is 11.3 Å². The number of nitrogens with zero attached hydrogens (tertiary/aromatic N) is 1. The normalized spacial score (nSPS) is 19.1. The zero-order valence-electron chi connectivity index (χ0n) is 9.63. The first-order chi connectivity index (χ1) is 8.24. The van der Waals surface area contributed by atoms with E-state index in [4.69, 9.17) is 10.5 Å². The molecule has 0 bridgehead atoms. The van der Waals surface area contributed by atoms with E-state index in [9.17, 15) is 5.26 Å². The number of benzene rings is 1. The number of nitrogens with two attached hydrogens (primary N) is 1. The number of nitriles is 1. The standard InChI is InChI=1S/C13H16N2OS/c14-10-13(15,11-4-2-1-3-5-11)6-7-17-12-8-16-9-12/h1-5,12H,6-9,15H2. The van der Waals surface area contributed by atoms with Gasteiger partial charge in [0.2, 0.25) is 0 Å². The van der Waals surface area contributed by atoms with Crippen LogP contribution in [0.25, 0.3) is 0 Å². The third kappa shape index (κ3) is 3.01. The SMILES string of the molecule is N#CC(N)(CCSC1COC1)c1ccccc1. The van der Waals surface area contributed by atoms with Gasteiger partial charge in [0.25, 0.3) is 0 Å². The fourth-order valence-electron chi connectivity index (χ4n) is 1.70. The van der Waals surface area contributed by atoms with Crippen molar-refractivity contribution >= 4 is 11.8 Å². The second-order valence-corrected chi connectivity index (χ2v) is 5.64. The zero-order valence-corrected chi connectivity index (χ0v) is 10.5. The quantitative estimate of drug-likeness (QED) is 0.864. The van der Waals surface area contributed by atoms with E-state index in [1.54, 1.807) is 0 Å². The summed E-state index contributed by atoms with van der Waals surface area (Å²) in [5.41, 5.74) is 6.19. The van der Waals surface area contributed by atoms with Crippen molar-refractivity contribution < 1.29 is 4.74 Å². The minimum atomic E-state index is -0.862. The van der Waals surface area contributed by atoms with Gasteiger partial charge in [-0.1, -0.05) is 30.3 Å². The number of hydrogen-bond donors (Lipinski definition) is 1. The van der Waals surface area contributed by atoms with E-state index in [2.05, 4.69) is 6.07 Å². The molecule has 1 aliphatic rings. The molecule has 1 heterocycles. The molecule has 1 saturated heterocycles. The largest absolute Gasteiger partial charge is 0.379 e. The van der Waals surface area contributed by atoms with Crippen LogP contribution in [0.1, 0.15) is 12.0 Å². The Kier molecular flexibility index (Phi) is 4.06. The van der Waals surface area contributed by atoms with Crippen molar-refractivity contribution in [1.29, 1.82) is 5.26 Å². The van der Waals surface area contributed by atoms with Crippen LogP contribution in [0.5, 0.6) is 0 Å². The smallest absolute Gasteiger partial charge is 0.130 e. The van der Waals surface area contributed by atoms with Crippen LogP contribution >= 0.6 is 11.8 Å². The first-order valence-corrected chi connectivity index (χ1v) is 6.74. The van der Waals surface area contributed by atoms with Gasteiger partial charge >= 0.3 is 0 Å². The van der Waals surface area contributed by atoms with Crippen LogP contribution in [0.15, 0.2) is 30.3 Å². The number of ether oxygens (including phenoxy) is 1. The lowest BCUT2D eigenvalue weighted by molar-refractivity contribution is 0.0455. The van der Waals surface area contributed by atoms with Gasteiger partial charge in [0.1, 0.15) is 5.54 Å². The molecule has 2 N–H and O–H groups in total. The maximum absolute atomic E-state index is 9.27. The molecule has 90 valence electrons. The minimum absolute atomic E-state index is 0.591. The van der Waals surface area contributed by atoms with E-state index in [0.29, 0.717) is 11.7 Å². The van der Waals surface area contributed by atoms with Gasteiger partial charge in [-0.3, -0.25) is 0 Å². The molecular formula is C13H16N2OS. The van der Waals surface area contributed by atoms with Crippen molar-refractivity contribution in [2.24, 2.45) is 5.73 Å². The maximum atomic E-state index is 9.27. The molecule has 1 aromatic carbocycles. The lowest BCUT2D eigenvalue weighted by Crippen LogP contribution is -2.36. The van der Waals surface area contributed by atoms with Crippen molar-refractivity contribution in [2.45, 2.75) is 17.2 Å². The number of rotatable bonds is 5. The molecule has 0 aliphatic carbocycles. The maximum Gasteiger partial charge on any atom is 0.130 e. The average molecular weight is 248 g/mol. The summed E-state index contributed by atoms with van der Waals surface area (Å²) in [5.74, 6) is 0.896. The summed E-state index contributed by atoms with van der Waals surface area (Å²) in [5, 5.41) is 9.86. The van der Waals surface area contributed by atoms with Crippen LogP contribution < -0.4 is 5.73 Å². The Morgan fingerprint density at radius 1 is 1.41 bits per heavy atom. The van der Waals surface area contributed by atoms with Gasteiger partial charge < -0.3 is 10.5 Å². The van der Waals surface area contributed by atoms with Gasteiger partial charge in [-0.2, -0.15) is 17.0 Å². The van der Waals surface area contributed by atoms with Crippen molar-refractivity contribution in [3.63, 3.8) is 0 Å². The summed E-state index contributed by atoms with van der Waals surface area (Å²) in [4.78, 5) is 0. The molecule has 1 aliphatic heterocycles. The van der Waals surface area contributed by atoms with Crippen LogP contribution in [-0.2, 0) is 10.3 Å². The second-order valence-electron chi connectivity index (χ2n) is 4.23. The summed E-state index contributed by atoms with van der Waals surface area (Å²) in [6, 6.07) is 11.8. The molecule has 1 aromatic rings. The third-order valence-corrected chi connectivity index (χ3v) is 4.13. The minimum Gasteiger partial charge on any atom is -0.379 e. The summed E-state index contributed by atoms with van der Waals surface area (Å²) in [7, 11) is 0. The molecule has 0 amide bonds. The molecule has 1 atom stereocenters. The average Bonchev–Trinajstić information content (AvgIpc) is 2.33. The van der Waals surface area contributed by atoms with Crippen LogP contribution in [-0.4, -0.2) is 24.2 Å². The fourth-order valence-corrected chi connectivity index (χ4v) is 2.86. The Labute approximate surface area is 106 Å². The summed E-state index contributed by atoms with van der Waals surface area (Å²) in [6.45, 7) is 1.67. The molecule has 3 nitrogen and oxygen atoms in total. The van der Waals surface area contributed by atoms with Crippen LogP contribution in [0.3, 0.4) is 0 Å². The Bertz CT molecular complexity index is 400. The van der Waals surface area contributed by atoms with Crippen LogP contribution in [0.4, 0.5) is 0 Å². The Balaban J connectivity index is 1.92. The van der Waals surface area contributed by atoms with E-state index < -0.39 is 5.54 Å². The molecule has 1 fully saturated rings. The van der Waals surface area contributed by atoms with E-state index in [-0.39, 0.29) is 0 Å². The highest BCUT2D eigenvalue weighted by Gasteiger charge is 2.28. The molecule has 0 spiro atoms. The van der Waals surface area contributed by atoms with Gasteiger partial charge in [-0.15, -0.1) is 0 Å². The summed E-state index contributed by atoms with van der Waals surface area (Å²) in [6.07, 6.45) is 0.675. The van der Waals surface area contributed by atoms with Gasteiger partial charge in [0.15, 0.2) is 0 Å². The first kappa shape index (κ1) is 12.4. The fraction of sp³-hybridized carbons (Fsp3) is 0.462. The monoisotopic (exact) mass is 248 g/mol. The molecule has 4 heteroatoms. The van der Waals surface area contributed by atoms with E-state index in [1.807, 2.05) is 42.1 Å². The van der Waals surface area contributed by atoms with Crippen molar-refractivity contribution in [2.75, 3.05) is 19.0 Å². The van der Waals surface area contributed by atoms with E-state index in [1.165, 1.54) is 0 Å². The van der Waals surface area contributed by atoms with Gasteiger partial charge in [-0.25, -0.2) is 0 Å². The van der Waals surface area contributed by atoms with Gasteiger partial charge in [0.05, 0.1) is 24.5 Å². The Morgan fingerprint density at radius 3 is 2.65 bits per heavy atom. The Hall–Kier alpha value is -1.02. The molecule has 0 saturated carbocycles. The Morgan fingerprint density at radius 2 is 2.12 bits per heavy atom. The number of hydrogen-bond acceptors (Lipinski definition) is 4. The molecule has 1 unspecified atom stereocenters. The second kappa shape index (κ2) is 5.54. The molecule has 0 radical (unpaired) electrons. The summed E-state index contributed by atoms with van der Waals surface area (Å²) < 4.78 is 5.11. The predicted molar refractivity (Wildman–Crippen MR) is 69.6 cm³/mol. The van der Waals surface area contributed by atoms with Gasteiger partial charge in [-0.05, 0) is 17.7 Å². The molecular weight excluding hydrogens is 232 g/mol. The lowest BCUT2D eigenvalue weighted by Gasteiger charge is -2.27. The van der Waals surface area contributed by atoms with E-state index >= 15 is 0 Å². The molecule has 0 aromatic heterocycles.